The van der Waals surface area contributed by atoms with Crippen molar-refractivity contribution in [2.45, 2.75) is 52.1 Å². The smallest absolute Gasteiger partial charge is 0.240 e. The van der Waals surface area contributed by atoms with E-state index in [0.717, 1.165) is 32.0 Å². The number of likely N-dealkylation sites (tertiary alicyclic amines) is 1. The van der Waals surface area contributed by atoms with Gasteiger partial charge in [-0.05, 0) is 25.3 Å². The molecule has 1 aliphatic rings. The molecule has 0 saturated carbocycles. The molecule has 2 aromatic heterocycles. The minimum atomic E-state index is -0.0702. The monoisotopic (exact) mass is 304 g/mol. The molecule has 0 spiro atoms. The summed E-state index contributed by atoms with van der Waals surface area (Å²) in [4.78, 5) is 10.9. The Hall–Kier alpha value is -1.76. The maximum Gasteiger partial charge on any atom is 0.240 e. The summed E-state index contributed by atoms with van der Waals surface area (Å²) >= 11 is 0. The van der Waals surface area contributed by atoms with Crippen molar-refractivity contribution in [3.05, 3.63) is 24.4 Å². The molecule has 1 fully saturated rings. The average Bonchev–Trinajstić information content (AvgIpc) is 3.10. The minimum Gasteiger partial charge on any atom is -0.338 e. The third-order valence-corrected chi connectivity index (χ3v) is 4.01. The molecule has 3 heterocycles. The Labute approximate surface area is 130 Å². The SMILES string of the molecule is CC(C)(C)c1noc(CN2CCC[C@H](Cn3cncn3)C2)n1. The minimum absolute atomic E-state index is 0.0702. The first-order chi connectivity index (χ1) is 10.5. The van der Waals surface area contributed by atoms with Gasteiger partial charge >= 0.3 is 0 Å². The molecule has 2 aromatic rings. The maximum absolute atomic E-state index is 5.40. The van der Waals surface area contributed by atoms with Crippen molar-refractivity contribution in [1.82, 2.24) is 29.8 Å². The zero-order valence-corrected chi connectivity index (χ0v) is 13.6. The Morgan fingerprint density at radius 2 is 2.23 bits per heavy atom. The standard InChI is InChI=1S/C15H24N6O/c1-15(2,3)14-18-13(22-19-14)9-20-6-4-5-12(7-20)8-21-11-16-10-17-21/h10-12H,4-9H2,1-3H3/t12-/m0/s1. The molecule has 0 bridgehead atoms. The van der Waals surface area contributed by atoms with Crippen molar-refractivity contribution in [2.75, 3.05) is 13.1 Å². The van der Waals surface area contributed by atoms with Crippen molar-refractivity contribution in [2.24, 2.45) is 5.92 Å². The van der Waals surface area contributed by atoms with Crippen molar-refractivity contribution in [3.63, 3.8) is 0 Å². The van der Waals surface area contributed by atoms with E-state index in [9.17, 15) is 0 Å². The van der Waals surface area contributed by atoms with Crippen LogP contribution in [0.1, 0.15) is 45.3 Å². The Kier molecular flexibility index (Phi) is 4.24. The van der Waals surface area contributed by atoms with Gasteiger partial charge in [-0.25, -0.2) is 4.98 Å². The normalized spacial score (nSPS) is 20.4. The van der Waals surface area contributed by atoms with E-state index in [2.05, 4.69) is 45.9 Å². The van der Waals surface area contributed by atoms with Crippen LogP contribution in [0.4, 0.5) is 0 Å². The predicted molar refractivity (Wildman–Crippen MR) is 81.0 cm³/mol. The molecular weight excluding hydrogens is 280 g/mol. The Bertz CT molecular complexity index is 585. The van der Waals surface area contributed by atoms with Gasteiger partial charge in [-0.3, -0.25) is 9.58 Å². The molecule has 1 aliphatic heterocycles. The summed E-state index contributed by atoms with van der Waals surface area (Å²) in [6.07, 6.45) is 5.80. The molecule has 22 heavy (non-hydrogen) atoms. The van der Waals surface area contributed by atoms with Crippen LogP contribution in [-0.2, 0) is 18.5 Å². The Balaban J connectivity index is 1.57. The molecule has 0 aliphatic carbocycles. The topological polar surface area (TPSA) is 72.9 Å². The lowest BCUT2D eigenvalue weighted by Crippen LogP contribution is -2.36. The molecule has 7 heteroatoms. The fourth-order valence-corrected chi connectivity index (χ4v) is 2.85. The van der Waals surface area contributed by atoms with Crippen LogP contribution in [0.25, 0.3) is 0 Å². The van der Waals surface area contributed by atoms with E-state index >= 15 is 0 Å². The van der Waals surface area contributed by atoms with Gasteiger partial charge in [0.2, 0.25) is 5.89 Å². The third kappa shape index (κ3) is 3.71. The number of hydrogen-bond donors (Lipinski definition) is 0. The summed E-state index contributed by atoms with van der Waals surface area (Å²) < 4.78 is 7.32. The maximum atomic E-state index is 5.40. The summed E-state index contributed by atoms with van der Waals surface area (Å²) in [6, 6.07) is 0. The Morgan fingerprint density at radius 3 is 2.91 bits per heavy atom. The van der Waals surface area contributed by atoms with Crippen LogP contribution in [0.3, 0.4) is 0 Å². The summed E-state index contributed by atoms with van der Waals surface area (Å²) in [5.74, 6) is 2.09. The fraction of sp³-hybridized carbons (Fsp3) is 0.733. The average molecular weight is 304 g/mol. The van der Waals surface area contributed by atoms with Gasteiger partial charge in [0.1, 0.15) is 12.7 Å². The summed E-state index contributed by atoms with van der Waals surface area (Å²) in [6.45, 7) is 10.1. The molecule has 3 rings (SSSR count). The zero-order valence-electron chi connectivity index (χ0n) is 13.6. The number of piperidine rings is 1. The highest BCUT2D eigenvalue weighted by Crippen LogP contribution is 2.22. The van der Waals surface area contributed by atoms with Crippen molar-refractivity contribution >= 4 is 0 Å². The second kappa shape index (κ2) is 6.16. The molecule has 0 unspecified atom stereocenters. The third-order valence-electron chi connectivity index (χ3n) is 4.01. The second-order valence-corrected chi connectivity index (χ2v) is 7.12. The molecule has 0 radical (unpaired) electrons. The van der Waals surface area contributed by atoms with E-state index in [1.165, 1.54) is 12.8 Å². The first-order valence-corrected chi connectivity index (χ1v) is 7.88. The summed E-state index contributed by atoms with van der Waals surface area (Å²) in [5.41, 5.74) is -0.0702. The van der Waals surface area contributed by atoms with Gasteiger partial charge in [0.15, 0.2) is 5.82 Å². The van der Waals surface area contributed by atoms with E-state index in [1.54, 1.807) is 12.7 Å². The van der Waals surface area contributed by atoms with Gasteiger partial charge in [0.05, 0.1) is 6.54 Å². The van der Waals surface area contributed by atoms with Crippen molar-refractivity contribution in [1.29, 1.82) is 0 Å². The van der Waals surface area contributed by atoms with Gasteiger partial charge < -0.3 is 4.52 Å². The second-order valence-electron chi connectivity index (χ2n) is 7.12. The van der Waals surface area contributed by atoms with E-state index in [-0.39, 0.29) is 5.41 Å². The molecular formula is C15H24N6O. The van der Waals surface area contributed by atoms with Gasteiger partial charge in [0, 0.05) is 18.5 Å². The lowest BCUT2D eigenvalue weighted by Gasteiger charge is -2.31. The summed E-state index contributed by atoms with van der Waals surface area (Å²) in [5, 5.41) is 8.29. The Morgan fingerprint density at radius 1 is 1.36 bits per heavy atom. The van der Waals surface area contributed by atoms with Crippen LogP contribution < -0.4 is 0 Å². The quantitative estimate of drug-likeness (QED) is 0.858. The summed E-state index contributed by atoms with van der Waals surface area (Å²) in [7, 11) is 0. The lowest BCUT2D eigenvalue weighted by molar-refractivity contribution is 0.138. The molecule has 0 amide bonds. The first-order valence-electron chi connectivity index (χ1n) is 7.88. The molecule has 0 aromatic carbocycles. The highest BCUT2D eigenvalue weighted by atomic mass is 16.5. The van der Waals surface area contributed by atoms with E-state index in [4.69, 9.17) is 4.52 Å². The van der Waals surface area contributed by atoms with Crippen LogP contribution in [0.2, 0.25) is 0 Å². The van der Waals surface area contributed by atoms with Crippen LogP contribution in [0.5, 0.6) is 0 Å². The molecule has 120 valence electrons. The van der Waals surface area contributed by atoms with E-state index < -0.39 is 0 Å². The highest BCUT2D eigenvalue weighted by Gasteiger charge is 2.24. The van der Waals surface area contributed by atoms with Crippen LogP contribution in [0, 0.1) is 5.92 Å². The molecule has 1 atom stereocenters. The van der Waals surface area contributed by atoms with Gasteiger partial charge in [0.25, 0.3) is 0 Å². The lowest BCUT2D eigenvalue weighted by atomic mass is 9.96. The molecule has 1 saturated heterocycles. The number of hydrogen-bond acceptors (Lipinski definition) is 6. The van der Waals surface area contributed by atoms with Crippen LogP contribution >= 0.6 is 0 Å². The first kappa shape index (κ1) is 15.1. The fourth-order valence-electron chi connectivity index (χ4n) is 2.85. The van der Waals surface area contributed by atoms with Crippen molar-refractivity contribution in [3.8, 4) is 0 Å². The van der Waals surface area contributed by atoms with Gasteiger partial charge in [-0.15, -0.1) is 0 Å². The number of rotatable bonds is 4. The molecule has 0 N–H and O–H groups in total. The van der Waals surface area contributed by atoms with E-state index in [1.807, 2.05) is 4.68 Å². The predicted octanol–water partition coefficient (Wildman–Crippen LogP) is 1.87. The van der Waals surface area contributed by atoms with Gasteiger partial charge in [-0.1, -0.05) is 25.9 Å². The van der Waals surface area contributed by atoms with Crippen LogP contribution in [0.15, 0.2) is 17.2 Å². The van der Waals surface area contributed by atoms with Gasteiger partial charge in [-0.2, -0.15) is 10.1 Å². The highest BCUT2D eigenvalue weighted by molar-refractivity contribution is 5.00. The molecule has 7 nitrogen and oxygen atoms in total. The largest absolute Gasteiger partial charge is 0.338 e. The van der Waals surface area contributed by atoms with Crippen LogP contribution in [-0.4, -0.2) is 42.9 Å². The van der Waals surface area contributed by atoms with E-state index in [0.29, 0.717) is 11.8 Å². The van der Waals surface area contributed by atoms with Crippen molar-refractivity contribution < 1.29 is 4.52 Å². The number of aromatic nitrogens is 5. The zero-order chi connectivity index (χ0) is 15.6. The number of nitrogens with zero attached hydrogens (tertiary/aromatic N) is 6.